The standard InChI is InChI=1S/C20H26FN3O2.HI/c1-15(26-18-12-8-7-11-17(18)21)13-23-20(22-2)24-14-19(25-3)16-9-5-4-6-10-16;/h4-12,15,19H,13-14H2,1-3H3,(H2,22,23,24);1H. The third-order valence-corrected chi connectivity index (χ3v) is 3.86. The van der Waals surface area contributed by atoms with E-state index in [-0.39, 0.29) is 47.8 Å². The van der Waals surface area contributed by atoms with Crippen molar-refractivity contribution < 1.29 is 13.9 Å². The van der Waals surface area contributed by atoms with Gasteiger partial charge in [-0.2, -0.15) is 0 Å². The maximum Gasteiger partial charge on any atom is 0.191 e. The van der Waals surface area contributed by atoms with Gasteiger partial charge < -0.3 is 20.1 Å². The predicted molar refractivity (Wildman–Crippen MR) is 117 cm³/mol. The van der Waals surface area contributed by atoms with Crippen LogP contribution in [0.15, 0.2) is 59.6 Å². The van der Waals surface area contributed by atoms with E-state index in [9.17, 15) is 4.39 Å². The Bertz CT molecular complexity index is 701. The molecule has 0 saturated heterocycles. The number of nitrogens with zero attached hydrogens (tertiary/aromatic N) is 1. The topological polar surface area (TPSA) is 54.9 Å². The summed E-state index contributed by atoms with van der Waals surface area (Å²) in [5.74, 6) is 0.507. The molecule has 0 aliphatic carbocycles. The van der Waals surface area contributed by atoms with Crippen molar-refractivity contribution in [2.75, 3.05) is 27.2 Å². The van der Waals surface area contributed by atoms with Gasteiger partial charge in [-0.3, -0.25) is 4.99 Å². The van der Waals surface area contributed by atoms with Crippen LogP contribution in [-0.4, -0.2) is 39.3 Å². The van der Waals surface area contributed by atoms with E-state index >= 15 is 0 Å². The Kier molecular flexibility index (Phi) is 10.7. The maximum absolute atomic E-state index is 13.6. The van der Waals surface area contributed by atoms with E-state index in [0.717, 1.165) is 5.56 Å². The van der Waals surface area contributed by atoms with Crippen LogP contribution in [0, 0.1) is 5.82 Å². The highest BCUT2D eigenvalue weighted by Gasteiger charge is 2.12. The molecular weight excluding hydrogens is 460 g/mol. The molecule has 2 unspecified atom stereocenters. The van der Waals surface area contributed by atoms with Crippen molar-refractivity contribution in [2.24, 2.45) is 4.99 Å². The Morgan fingerprint density at radius 1 is 1.04 bits per heavy atom. The Morgan fingerprint density at radius 2 is 1.67 bits per heavy atom. The highest BCUT2D eigenvalue weighted by molar-refractivity contribution is 14.0. The monoisotopic (exact) mass is 487 g/mol. The third-order valence-electron chi connectivity index (χ3n) is 3.86. The third kappa shape index (κ3) is 7.72. The Hall–Kier alpha value is -1.87. The van der Waals surface area contributed by atoms with Crippen LogP contribution in [0.4, 0.5) is 4.39 Å². The van der Waals surface area contributed by atoms with E-state index in [1.54, 1.807) is 32.4 Å². The van der Waals surface area contributed by atoms with Gasteiger partial charge in [-0.1, -0.05) is 42.5 Å². The van der Waals surface area contributed by atoms with Gasteiger partial charge in [0.15, 0.2) is 17.5 Å². The van der Waals surface area contributed by atoms with E-state index < -0.39 is 0 Å². The molecule has 2 atom stereocenters. The Labute approximate surface area is 177 Å². The summed E-state index contributed by atoms with van der Waals surface area (Å²) >= 11 is 0. The Balaban J connectivity index is 0.00000364. The fourth-order valence-electron chi connectivity index (χ4n) is 2.45. The lowest BCUT2D eigenvalue weighted by molar-refractivity contribution is 0.106. The molecule has 2 rings (SSSR count). The van der Waals surface area contributed by atoms with E-state index in [4.69, 9.17) is 9.47 Å². The SMILES string of the molecule is CN=C(NCC(C)Oc1ccccc1F)NCC(OC)c1ccccc1.I. The summed E-state index contributed by atoms with van der Waals surface area (Å²) in [6.45, 7) is 2.92. The van der Waals surface area contributed by atoms with Crippen LogP contribution in [0.1, 0.15) is 18.6 Å². The summed E-state index contributed by atoms with van der Waals surface area (Å²) in [5, 5.41) is 6.41. The van der Waals surface area contributed by atoms with E-state index in [1.807, 2.05) is 37.3 Å². The first kappa shape index (κ1) is 23.2. The second-order valence-corrected chi connectivity index (χ2v) is 5.83. The number of aliphatic imine (C=N–C) groups is 1. The molecule has 7 heteroatoms. The van der Waals surface area contributed by atoms with Crippen LogP contribution in [0.5, 0.6) is 5.75 Å². The summed E-state index contributed by atoms with van der Waals surface area (Å²) < 4.78 is 24.8. The predicted octanol–water partition coefficient (Wildman–Crippen LogP) is 3.76. The molecule has 2 aromatic rings. The van der Waals surface area contributed by atoms with Crippen molar-refractivity contribution in [3.8, 4) is 5.75 Å². The van der Waals surface area contributed by atoms with Crippen LogP contribution in [-0.2, 0) is 4.74 Å². The molecule has 5 nitrogen and oxygen atoms in total. The molecule has 2 N–H and O–H groups in total. The quantitative estimate of drug-likeness (QED) is 0.338. The number of methoxy groups -OCH3 is 1. The first-order valence-corrected chi connectivity index (χ1v) is 8.57. The molecule has 0 heterocycles. The van der Waals surface area contributed by atoms with Crippen LogP contribution in [0.2, 0.25) is 0 Å². The lowest BCUT2D eigenvalue weighted by atomic mass is 10.1. The lowest BCUT2D eigenvalue weighted by Gasteiger charge is -2.20. The van der Waals surface area contributed by atoms with Crippen molar-refractivity contribution in [1.29, 1.82) is 0 Å². The summed E-state index contributed by atoms with van der Waals surface area (Å²) in [5.41, 5.74) is 1.09. The summed E-state index contributed by atoms with van der Waals surface area (Å²) in [7, 11) is 3.38. The van der Waals surface area contributed by atoms with Gasteiger partial charge in [0.25, 0.3) is 0 Å². The normalized spacial score (nSPS) is 13.3. The molecule has 0 aliphatic heterocycles. The summed E-state index contributed by atoms with van der Waals surface area (Å²) in [6.07, 6.45) is -0.306. The van der Waals surface area contributed by atoms with Crippen LogP contribution in [0.25, 0.3) is 0 Å². The van der Waals surface area contributed by atoms with Crippen molar-refractivity contribution in [3.05, 3.63) is 66.0 Å². The first-order valence-electron chi connectivity index (χ1n) is 8.57. The molecule has 0 amide bonds. The number of halogens is 2. The molecular formula is C20H27FIN3O2. The number of nitrogens with one attached hydrogen (secondary N) is 2. The molecule has 0 aliphatic rings. The minimum absolute atomic E-state index is 0. The number of hydrogen-bond donors (Lipinski definition) is 2. The molecule has 0 fully saturated rings. The second kappa shape index (κ2) is 12.5. The lowest BCUT2D eigenvalue weighted by Crippen LogP contribution is -2.43. The molecule has 0 saturated carbocycles. The summed E-state index contributed by atoms with van der Waals surface area (Å²) in [4.78, 5) is 4.19. The van der Waals surface area contributed by atoms with E-state index in [0.29, 0.717) is 19.0 Å². The van der Waals surface area contributed by atoms with Gasteiger partial charge in [0.2, 0.25) is 0 Å². The van der Waals surface area contributed by atoms with Crippen molar-refractivity contribution in [1.82, 2.24) is 10.6 Å². The zero-order valence-corrected chi connectivity index (χ0v) is 18.1. The molecule has 0 bridgehead atoms. The molecule has 0 spiro atoms. The molecule has 2 aromatic carbocycles. The number of ether oxygens (including phenoxy) is 2. The van der Waals surface area contributed by atoms with Gasteiger partial charge in [-0.25, -0.2) is 4.39 Å². The number of benzene rings is 2. The molecule has 148 valence electrons. The van der Waals surface area contributed by atoms with Crippen LogP contribution >= 0.6 is 24.0 Å². The highest BCUT2D eigenvalue weighted by atomic mass is 127. The van der Waals surface area contributed by atoms with Gasteiger partial charge >= 0.3 is 0 Å². The maximum atomic E-state index is 13.6. The van der Waals surface area contributed by atoms with Gasteiger partial charge in [-0.15, -0.1) is 24.0 Å². The van der Waals surface area contributed by atoms with E-state index in [1.165, 1.54) is 6.07 Å². The van der Waals surface area contributed by atoms with Crippen molar-refractivity contribution in [3.63, 3.8) is 0 Å². The average molecular weight is 487 g/mol. The number of hydrogen-bond acceptors (Lipinski definition) is 3. The average Bonchev–Trinajstić information content (AvgIpc) is 2.67. The second-order valence-electron chi connectivity index (χ2n) is 5.83. The summed E-state index contributed by atoms with van der Waals surface area (Å²) in [6, 6.07) is 16.4. The minimum Gasteiger partial charge on any atom is -0.486 e. The van der Waals surface area contributed by atoms with E-state index in [2.05, 4.69) is 15.6 Å². The first-order chi connectivity index (χ1) is 12.6. The number of guanidine groups is 1. The largest absolute Gasteiger partial charge is 0.486 e. The van der Waals surface area contributed by atoms with Crippen molar-refractivity contribution >= 4 is 29.9 Å². The van der Waals surface area contributed by atoms with Gasteiger partial charge in [0, 0.05) is 20.7 Å². The zero-order valence-electron chi connectivity index (χ0n) is 15.8. The number of rotatable bonds is 8. The van der Waals surface area contributed by atoms with Gasteiger partial charge in [-0.05, 0) is 24.6 Å². The van der Waals surface area contributed by atoms with Crippen LogP contribution < -0.4 is 15.4 Å². The fraction of sp³-hybridized carbons (Fsp3) is 0.350. The molecule has 0 radical (unpaired) electrons. The zero-order chi connectivity index (χ0) is 18.8. The molecule has 0 aromatic heterocycles. The van der Waals surface area contributed by atoms with Crippen LogP contribution in [0.3, 0.4) is 0 Å². The smallest absolute Gasteiger partial charge is 0.191 e. The fourth-order valence-corrected chi connectivity index (χ4v) is 2.45. The Morgan fingerprint density at radius 3 is 2.30 bits per heavy atom. The molecule has 27 heavy (non-hydrogen) atoms. The minimum atomic E-state index is -0.368. The van der Waals surface area contributed by atoms with Crippen molar-refractivity contribution in [2.45, 2.75) is 19.1 Å². The number of para-hydroxylation sites is 1. The highest BCUT2D eigenvalue weighted by Crippen LogP contribution is 2.17. The van der Waals surface area contributed by atoms with Gasteiger partial charge in [0.05, 0.1) is 12.6 Å². The van der Waals surface area contributed by atoms with Gasteiger partial charge in [0.1, 0.15) is 6.10 Å².